The van der Waals surface area contributed by atoms with Gasteiger partial charge in [0, 0.05) is 18.7 Å². The summed E-state index contributed by atoms with van der Waals surface area (Å²) in [5.41, 5.74) is 6.53. The molecule has 1 amide bonds. The van der Waals surface area contributed by atoms with Crippen molar-refractivity contribution in [1.82, 2.24) is 15.0 Å². The zero-order valence-electron chi connectivity index (χ0n) is 18.1. The van der Waals surface area contributed by atoms with Gasteiger partial charge in [0.1, 0.15) is 5.82 Å². The van der Waals surface area contributed by atoms with E-state index in [0.29, 0.717) is 12.5 Å². The van der Waals surface area contributed by atoms with Crippen LogP contribution in [0.25, 0.3) is 10.9 Å². The van der Waals surface area contributed by atoms with Crippen LogP contribution in [0.3, 0.4) is 0 Å². The highest BCUT2D eigenvalue weighted by molar-refractivity contribution is 7.92. The number of amides is 1. The van der Waals surface area contributed by atoms with Crippen LogP contribution in [0, 0.1) is 41.3 Å². The topological polar surface area (TPSA) is 144 Å². The molecule has 1 heterocycles. The molecule has 0 aliphatic heterocycles. The van der Waals surface area contributed by atoms with Gasteiger partial charge in [-0.3, -0.25) is 19.4 Å². The summed E-state index contributed by atoms with van der Waals surface area (Å²) in [6.45, 7) is 1.51. The Bertz CT molecular complexity index is 1400. The first-order valence-electron chi connectivity index (χ1n) is 10.1. The number of nitrogens with one attached hydrogen (secondary N) is 1. The van der Waals surface area contributed by atoms with Crippen molar-refractivity contribution in [3.63, 3.8) is 0 Å². The van der Waals surface area contributed by atoms with E-state index in [4.69, 9.17) is 10.9 Å². The smallest absolute Gasteiger partial charge is 0.264 e. The largest absolute Gasteiger partial charge is 0.330 e. The maximum absolute atomic E-state index is 14.5. The molecule has 2 aromatic rings. The molecule has 0 bridgehead atoms. The van der Waals surface area contributed by atoms with Crippen LogP contribution in [0.5, 0.6) is 0 Å². The molecule has 33 heavy (non-hydrogen) atoms. The number of aryl methyl sites for hydroxylation is 1. The summed E-state index contributed by atoms with van der Waals surface area (Å²) >= 11 is 0. The van der Waals surface area contributed by atoms with E-state index in [1.807, 2.05) is 0 Å². The lowest BCUT2D eigenvalue weighted by atomic mass is 10.1. The predicted molar refractivity (Wildman–Crippen MR) is 119 cm³/mol. The van der Waals surface area contributed by atoms with Crippen molar-refractivity contribution in [3.8, 4) is 23.7 Å². The van der Waals surface area contributed by atoms with Crippen LogP contribution in [0.1, 0.15) is 25.3 Å². The van der Waals surface area contributed by atoms with Crippen LogP contribution in [0.15, 0.2) is 23.3 Å². The second kappa shape index (κ2) is 9.32. The monoisotopic (exact) mass is 474 g/mol. The molecule has 174 valence electrons. The Hall–Kier alpha value is -3.25. The Kier molecular flexibility index (Phi) is 6.89. The molecule has 1 aromatic carbocycles. The highest BCUT2D eigenvalue weighted by Gasteiger charge is 2.43. The van der Waals surface area contributed by atoms with Crippen molar-refractivity contribution < 1.29 is 22.8 Å². The van der Waals surface area contributed by atoms with E-state index < -0.39 is 31.9 Å². The number of halogens is 1. The molecule has 4 N–H and O–H groups in total. The zero-order chi connectivity index (χ0) is 24.4. The van der Waals surface area contributed by atoms with Crippen molar-refractivity contribution >= 4 is 26.6 Å². The van der Waals surface area contributed by atoms with Gasteiger partial charge in [0.25, 0.3) is 11.5 Å². The number of aromatic nitrogens is 2. The number of carbonyl (C=O) groups excluding carboxylic acids is 1. The molecule has 3 rings (SSSR count). The number of hydrogen-bond acceptors (Lipinski definition) is 7. The number of benzene rings is 1. The summed E-state index contributed by atoms with van der Waals surface area (Å²) in [5, 5.41) is 8.88. The molecule has 0 unspecified atom stereocenters. The van der Waals surface area contributed by atoms with Crippen molar-refractivity contribution in [2.75, 3.05) is 12.8 Å². The molecule has 11 heteroatoms. The Morgan fingerprint density at radius 3 is 2.76 bits per heavy atom. The lowest BCUT2D eigenvalue weighted by molar-refractivity contribution is -0.131. The van der Waals surface area contributed by atoms with Gasteiger partial charge in [0.15, 0.2) is 14.6 Å². The summed E-state index contributed by atoms with van der Waals surface area (Å²) in [6.07, 6.45) is 2.66. The van der Waals surface area contributed by atoms with Crippen molar-refractivity contribution in [3.05, 3.63) is 40.2 Å². The van der Waals surface area contributed by atoms with Crippen LogP contribution in [0.4, 0.5) is 4.39 Å². The fourth-order valence-electron chi connectivity index (χ4n) is 3.27. The van der Waals surface area contributed by atoms with Gasteiger partial charge in [-0.15, -0.1) is 0 Å². The van der Waals surface area contributed by atoms with Crippen molar-refractivity contribution in [2.45, 2.75) is 31.1 Å². The van der Waals surface area contributed by atoms with E-state index in [1.165, 1.54) is 17.9 Å². The maximum Gasteiger partial charge on any atom is 0.264 e. The average Bonchev–Trinajstić information content (AvgIpc) is 3.54. The number of hydrogen-bond donors (Lipinski definition) is 3. The number of hydroxylamine groups is 1. The summed E-state index contributed by atoms with van der Waals surface area (Å²) < 4.78 is 37.8. The van der Waals surface area contributed by atoms with Crippen LogP contribution in [0.2, 0.25) is 0 Å². The predicted octanol–water partition coefficient (Wildman–Crippen LogP) is 0.184. The molecular weight excluding hydrogens is 451 g/mol. The molecular formula is C22H23FN4O5S. The van der Waals surface area contributed by atoms with Gasteiger partial charge in [-0.25, -0.2) is 23.3 Å². The zero-order valence-corrected chi connectivity index (χ0v) is 18.9. The van der Waals surface area contributed by atoms with Gasteiger partial charge in [-0.05, 0) is 62.1 Å². The maximum atomic E-state index is 14.5. The average molecular weight is 475 g/mol. The Labute approximate surface area is 190 Å². The van der Waals surface area contributed by atoms with Gasteiger partial charge >= 0.3 is 0 Å². The minimum atomic E-state index is -3.93. The van der Waals surface area contributed by atoms with Crippen LogP contribution in [-0.4, -0.2) is 46.6 Å². The van der Waals surface area contributed by atoms with Crippen molar-refractivity contribution in [2.24, 2.45) is 17.6 Å². The van der Waals surface area contributed by atoms with Gasteiger partial charge in [-0.2, -0.15) is 0 Å². The first kappa shape index (κ1) is 24.4. The fraction of sp³-hybridized carbons (Fsp3) is 0.409. The molecule has 0 spiro atoms. The standard InChI is InChI=1S/C22H23FN4O5S/c1-22(21(29)26-30,33(2,31)32)7-8-27-13-25-19-10-15(18(23)11-17(19)20(27)28)6-4-3-5-14-9-16(14)12-24/h10-11,13-14,16,30H,7-9,12,24H2,1-2H3,(H,26,29)/t14-,16+,22-/m1/s1. The molecule has 1 fully saturated rings. The third kappa shape index (κ3) is 5.06. The third-order valence-corrected chi connectivity index (χ3v) is 7.91. The van der Waals surface area contributed by atoms with E-state index in [9.17, 15) is 22.4 Å². The third-order valence-electron chi connectivity index (χ3n) is 5.89. The molecule has 0 saturated heterocycles. The fourth-order valence-corrected chi connectivity index (χ4v) is 4.11. The highest BCUT2D eigenvalue weighted by Crippen LogP contribution is 2.36. The molecule has 1 saturated carbocycles. The van der Waals surface area contributed by atoms with E-state index in [1.54, 1.807) is 0 Å². The molecule has 3 atom stereocenters. The molecule has 0 radical (unpaired) electrons. The van der Waals surface area contributed by atoms with E-state index in [0.717, 1.165) is 30.2 Å². The molecule has 1 aliphatic rings. The first-order valence-corrected chi connectivity index (χ1v) is 12.0. The normalized spacial score (nSPS) is 18.9. The lowest BCUT2D eigenvalue weighted by Crippen LogP contribution is -2.50. The van der Waals surface area contributed by atoms with E-state index in [-0.39, 0.29) is 35.3 Å². The second-order valence-electron chi connectivity index (χ2n) is 8.14. The Balaban J connectivity index is 1.86. The van der Waals surface area contributed by atoms with Gasteiger partial charge in [0.05, 0.1) is 22.8 Å². The number of fused-ring (bicyclic) bond motifs is 1. The quantitative estimate of drug-likeness (QED) is 0.308. The number of nitrogens with zero attached hydrogens (tertiary/aromatic N) is 2. The number of nitrogens with two attached hydrogens (primary N) is 1. The van der Waals surface area contributed by atoms with Crippen LogP contribution in [-0.2, 0) is 21.2 Å². The number of rotatable bonds is 6. The second-order valence-corrected chi connectivity index (χ2v) is 10.6. The summed E-state index contributed by atoms with van der Waals surface area (Å²) in [6, 6.07) is 2.35. The lowest BCUT2D eigenvalue weighted by Gasteiger charge is -2.25. The Morgan fingerprint density at radius 2 is 2.15 bits per heavy atom. The summed E-state index contributed by atoms with van der Waals surface area (Å²) in [5.74, 6) is 9.67. The van der Waals surface area contributed by atoms with Gasteiger partial charge < -0.3 is 5.73 Å². The summed E-state index contributed by atoms with van der Waals surface area (Å²) in [7, 11) is -3.93. The van der Waals surface area contributed by atoms with Crippen LogP contribution >= 0.6 is 0 Å². The van der Waals surface area contributed by atoms with Crippen molar-refractivity contribution in [1.29, 1.82) is 0 Å². The molecule has 9 nitrogen and oxygen atoms in total. The SMILES string of the molecule is C[C@@](CCn1cnc2cc(C#CC#C[C@@H]3C[C@H]3CN)c(F)cc2c1=O)(C(=O)NO)S(C)(=O)=O. The van der Waals surface area contributed by atoms with E-state index >= 15 is 0 Å². The van der Waals surface area contributed by atoms with E-state index in [2.05, 4.69) is 28.7 Å². The minimum absolute atomic E-state index is 0.0249. The van der Waals surface area contributed by atoms with Crippen LogP contribution < -0.4 is 16.8 Å². The molecule has 1 aromatic heterocycles. The highest BCUT2D eigenvalue weighted by atomic mass is 32.2. The molecule has 1 aliphatic carbocycles. The number of carbonyl (C=O) groups is 1. The minimum Gasteiger partial charge on any atom is -0.330 e. The first-order chi connectivity index (χ1) is 15.5. The van der Waals surface area contributed by atoms with Gasteiger partial charge in [-0.1, -0.05) is 5.92 Å². The van der Waals surface area contributed by atoms with Gasteiger partial charge in [0.2, 0.25) is 0 Å². The Morgan fingerprint density at radius 1 is 1.42 bits per heavy atom. The number of sulfone groups is 1. The summed E-state index contributed by atoms with van der Waals surface area (Å²) in [4.78, 5) is 28.9.